The van der Waals surface area contributed by atoms with E-state index < -0.39 is 15.6 Å². The highest BCUT2D eigenvalue weighted by Crippen LogP contribution is 2.57. The molecule has 0 saturated carbocycles. The van der Waals surface area contributed by atoms with Crippen LogP contribution < -0.4 is 0 Å². The third-order valence-corrected chi connectivity index (χ3v) is 5.49. The van der Waals surface area contributed by atoms with Gasteiger partial charge in [0.1, 0.15) is 0 Å². The molecule has 0 rings (SSSR count). The third-order valence-electron chi connectivity index (χ3n) is 3.34. The zero-order valence-electron chi connectivity index (χ0n) is 14.7. The number of hydrogen-bond donors (Lipinski definition) is 3. The maximum Gasteiger partial charge on any atom is 0.481 e. The van der Waals surface area contributed by atoms with E-state index in [9.17, 15) is 9.13 Å². The van der Waals surface area contributed by atoms with Gasteiger partial charge in [0.2, 0.25) is 0 Å². The first-order valence-corrected chi connectivity index (χ1v) is 11.1. The van der Waals surface area contributed by atoms with Crippen LogP contribution in [0.4, 0.5) is 0 Å². The molecule has 0 bridgehead atoms. The van der Waals surface area contributed by atoms with E-state index in [4.69, 9.17) is 14.7 Å². The van der Waals surface area contributed by atoms with Crippen LogP contribution in [0.3, 0.4) is 0 Å². The van der Waals surface area contributed by atoms with Crippen molar-refractivity contribution < 1.29 is 32.6 Å². The maximum atomic E-state index is 11.2. The Kier molecular flexibility index (Phi) is 12.0. The smallest absolute Gasteiger partial charge is 0.302 e. The molecule has 9 heteroatoms. The van der Waals surface area contributed by atoms with Gasteiger partial charge in [-0.25, -0.2) is 9.13 Å². The van der Waals surface area contributed by atoms with Crippen molar-refractivity contribution >= 4 is 15.6 Å². The van der Waals surface area contributed by atoms with Gasteiger partial charge in [0.25, 0.3) is 0 Å². The molecule has 0 aliphatic heterocycles. The lowest BCUT2D eigenvalue weighted by Crippen LogP contribution is -1.94. The van der Waals surface area contributed by atoms with E-state index in [1.165, 1.54) is 31.3 Å². The fraction of sp³-hybridized carbons (Fsp3) is 0.733. The summed E-state index contributed by atoms with van der Waals surface area (Å²) in [5.41, 5.74) is 2.33. The molecule has 142 valence electrons. The number of phosphoric ester groups is 1. The van der Waals surface area contributed by atoms with Gasteiger partial charge in [-0.1, -0.05) is 49.5 Å². The van der Waals surface area contributed by atoms with E-state index in [2.05, 4.69) is 28.8 Å². The van der Waals surface area contributed by atoms with Crippen LogP contribution >= 0.6 is 15.6 Å². The monoisotopic (exact) mass is 384 g/mol. The lowest BCUT2D eigenvalue weighted by molar-refractivity contribution is 0.191. The topological polar surface area (TPSA) is 113 Å². The van der Waals surface area contributed by atoms with E-state index in [-0.39, 0.29) is 6.61 Å². The fourth-order valence-electron chi connectivity index (χ4n) is 2.01. The lowest BCUT2D eigenvalue weighted by Gasteiger charge is -2.11. The molecule has 0 aromatic heterocycles. The summed E-state index contributed by atoms with van der Waals surface area (Å²) in [7, 11) is -9.81. The number of rotatable bonds is 13. The van der Waals surface area contributed by atoms with Crippen LogP contribution in [0, 0.1) is 0 Å². The summed E-state index contributed by atoms with van der Waals surface area (Å²) in [4.78, 5) is 26.1. The van der Waals surface area contributed by atoms with E-state index in [0.29, 0.717) is 0 Å². The van der Waals surface area contributed by atoms with Gasteiger partial charge in [-0.15, -0.1) is 0 Å². The third kappa shape index (κ3) is 15.3. The molecule has 3 N–H and O–H groups in total. The average Bonchev–Trinajstić information content (AvgIpc) is 2.40. The van der Waals surface area contributed by atoms with Gasteiger partial charge in [0.15, 0.2) is 0 Å². The molecule has 0 radical (unpaired) electrons. The Labute approximate surface area is 144 Å². The van der Waals surface area contributed by atoms with Crippen LogP contribution in [0.5, 0.6) is 0 Å². The zero-order valence-corrected chi connectivity index (χ0v) is 16.5. The van der Waals surface area contributed by atoms with Crippen molar-refractivity contribution in [3.63, 3.8) is 0 Å². The largest absolute Gasteiger partial charge is 0.481 e. The quantitative estimate of drug-likeness (QED) is 0.236. The molecular weight excluding hydrogens is 354 g/mol. The first-order valence-electron chi connectivity index (χ1n) is 8.11. The minimum Gasteiger partial charge on any atom is -0.302 e. The van der Waals surface area contributed by atoms with Gasteiger partial charge >= 0.3 is 15.6 Å². The van der Waals surface area contributed by atoms with E-state index in [1.54, 1.807) is 6.08 Å². The second-order valence-corrected chi connectivity index (χ2v) is 8.62. The molecule has 0 aromatic rings. The van der Waals surface area contributed by atoms with Crippen LogP contribution in [0.2, 0.25) is 0 Å². The van der Waals surface area contributed by atoms with Crippen LogP contribution in [-0.4, -0.2) is 21.3 Å². The van der Waals surface area contributed by atoms with Crippen molar-refractivity contribution in [1.82, 2.24) is 0 Å². The highest BCUT2D eigenvalue weighted by atomic mass is 31.3. The summed E-state index contributed by atoms with van der Waals surface area (Å²) < 4.78 is 29.9. The van der Waals surface area contributed by atoms with Gasteiger partial charge in [-0.3, -0.25) is 4.52 Å². The normalized spacial score (nSPS) is 16.2. The highest BCUT2D eigenvalue weighted by Gasteiger charge is 2.31. The predicted molar refractivity (Wildman–Crippen MR) is 94.4 cm³/mol. The van der Waals surface area contributed by atoms with Crippen molar-refractivity contribution in [3.8, 4) is 0 Å². The van der Waals surface area contributed by atoms with Gasteiger partial charge in [0.05, 0.1) is 6.61 Å². The van der Waals surface area contributed by atoms with E-state index in [0.717, 1.165) is 24.8 Å². The molecule has 0 heterocycles. The molecule has 0 aliphatic carbocycles. The standard InChI is InChI=1S/C15H30O7P2/c1-4-5-6-7-9-14(2)10-8-11-15(3)12-13-21-24(19,20)22-23(16,17)18/h10,12H,4-9,11,13H2,1-3H3,(H,19,20)(H2,16,17,18)/b14-10+,15-12+. The van der Waals surface area contributed by atoms with Gasteiger partial charge < -0.3 is 14.7 Å². The summed E-state index contributed by atoms with van der Waals surface area (Å²) in [6.45, 7) is 5.92. The van der Waals surface area contributed by atoms with Crippen LogP contribution in [0.25, 0.3) is 0 Å². The molecule has 1 atom stereocenters. The number of allylic oxidation sites excluding steroid dienone is 3. The minimum absolute atomic E-state index is 0.251. The second kappa shape index (κ2) is 12.2. The molecule has 7 nitrogen and oxygen atoms in total. The molecular formula is C15H30O7P2. The number of phosphoric acid groups is 2. The fourth-order valence-corrected chi connectivity index (χ4v) is 3.54. The summed E-state index contributed by atoms with van der Waals surface area (Å²) in [6.07, 6.45) is 11.5. The van der Waals surface area contributed by atoms with Crippen LogP contribution in [0.15, 0.2) is 23.3 Å². The van der Waals surface area contributed by atoms with Crippen molar-refractivity contribution in [2.75, 3.05) is 6.61 Å². The second-order valence-electron chi connectivity index (χ2n) is 5.79. The molecule has 0 aliphatic rings. The van der Waals surface area contributed by atoms with Crippen molar-refractivity contribution in [3.05, 3.63) is 23.3 Å². The number of unbranched alkanes of at least 4 members (excludes halogenated alkanes) is 3. The summed E-state index contributed by atoms with van der Waals surface area (Å²) in [5, 5.41) is 0. The Morgan fingerprint density at radius 3 is 2.17 bits per heavy atom. The maximum absolute atomic E-state index is 11.2. The first kappa shape index (κ1) is 23.7. The Hall–Kier alpha value is -0.260. The van der Waals surface area contributed by atoms with Crippen molar-refractivity contribution in [2.24, 2.45) is 0 Å². The molecule has 0 amide bonds. The molecule has 0 aromatic carbocycles. The SMILES string of the molecule is CCCCCC/C(C)=C/CC/C(C)=C/COP(=O)(O)OP(=O)(O)O. The minimum atomic E-state index is -5.06. The highest BCUT2D eigenvalue weighted by molar-refractivity contribution is 7.60. The molecule has 24 heavy (non-hydrogen) atoms. The van der Waals surface area contributed by atoms with Gasteiger partial charge in [0, 0.05) is 0 Å². The number of hydrogen-bond acceptors (Lipinski definition) is 4. The Morgan fingerprint density at radius 2 is 1.58 bits per heavy atom. The average molecular weight is 384 g/mol. The van der Waals surface area contributed by atoms with E-state index in [1.807, 2.05) is 6.92 Å². The Balaban J connectivity index is 4.07. The zero-order chi connectivity index (χ0) is 18.6. The van der Waals surface area contributed by atoms with Gasteiger partial charge in [-0.2, -0.15) is 4.31 Å². The van der Waals surface area contributed by atoms with Crippen molar-refractivity contribution in [1.29, 1.82) is 0 Å². The van der Waals surface area contributed by atoms with E-state index >= 15 is 0 Å². The summed E-state index contributed by atoms with van der Waals surface area (Å²) in [5.74, 6) is 0. The Bertz CT molecular complexity index is 508. The predicted octanol–water partition coefficient (Wildman–Crippen LogP) is 4.86. The molecule has 1 unspecified atom stereocenters. The molecule has 0 fully saturated rings. The van der Waals surface area contributed by atoms with Crippen LogP contribution in [0.1, 0.15) is 65.7 Å². The summed E-state index contributed by atoms with van der Waals surface area (Å²) >= 11 is 0. The van der Waals surface area contributed by atoms with Gasteiger partial charge in [-0.05, 0) is 39.5 Å². The first-order chi connectivity index (χ1) is 11.1. The molecule has 0 saturated heterocycles. The summed E-state index contributed by atoms with van der Waals surface area (Å²) in [6, 6.07) is 0. The van der Waals surface area contributed by atoms with Crippen molar-refractivity contribution in [2.45, 2.75) is 65.7 Å². The molecule has 0 spiro atoms. The Morgan fingerprint density at radius 1 is 0.958 bits per heavy atom. The van der Waals surface area contributed by atoms with Crippen LogP contribution in [-0.2, 0) is 18.0 Å². The lowest BCUT2D eigenvalue weighted by atomic mass is 10.0.